The molecule has 20 heavy (non-hydrogen) atoms. The lowest BCUT2D eigenvalue weighted by atomic mass is 10.0. The quantitative estimate of drug-likeness (QED) is 0.842. The maximum atomic E-state index is 14.1. The SMILES string of the molecule is CN(C)c1ccc(-c2ccc(N(C)C)cc2F)c(F)c1. The Hall–Kier alpha value is -2.10. The summed E-state index contributed by atoms with van der Waals surface area (Å²) in [6.45, 7) is 0. The van der Waals surface area contributed by atoms with Crippen LogP contribution in [0.5, 0.6) is 0 Å². The van der Waals surface area contributed by atoms with Gasteiger partial charge in [0.1, 0.15) is 11.6 Å². The van der Waals surface area contributed by atoms with Crippen molar-refractivity contribution in [3.8, 4) is 11.1 Å². The average Bonchev–Trinajstić information content (AvgIpc) is 2.38. The zero-order valence-electron chi connectivity index (χ0n) is 12.1. The molecule has 0 amide bonds. The minimum Gasteiger partial charge on any atom is -0.378 e. The van der Waals surface area contributed by atoms with Gasteiger partial charge in [-0.2, -0.15) is 0 Å². The minimum atomic E-state index is -0.423. The summed E-state index contributed by atoms with van der Waals surface area (Å²) >= 11 is 0. The van der Waals surface area contributed by atoms with Gasteiger partial charge in [-0.3, -0.25) is 0 Å². The van der Waals surface area contributed by atoms with E-state index >= 15 is 0 Å². The Morgan fingerprint density at radius 3 is 1.25 bits per heavy atom. The first-order chi connectivity index (χ1) is 9.40. The second kappa shape index (κ2) is 5.49. The lowest BCUT2D eigenvalue weighted by molar-refractivity contribution is 0.616. The van der Waals surface area contributed by atoms with Gasteiger partial charge in [0.25, 0.3) is 0 Å². The second-order valence-electron chi connectivity index (χ2n) is 5.12. The first-order valence-electron chi connectivity index (χ1n) is 6.34. The third-order valence-corrected chi connectivity index (χ3v) is 3.23. The number of halogens is 2. The Labute approximate surface area is 118 Å². The molecule has 2 rings (SSSR count). The molecule has 106 valence electrons. The topological polar surface area (TPSA) is 6.48 Å². The van der Waals surface area contributed by atoms with Crippen molar-refractivity contribution in [1.29, 1.82) is 0 Å². The van der Waals surface area contributed by atoms with E-state index in [4.69, 9.17) is 0 Å². The Morgan fingerprint density at radius 1 is 0.650 bits per heavy atom. The van der Waals surface area contributed by atoms with E-state index in [0.29, 0.717) is 0 Å². The largest absolute Gasteiger partial charge is 0.378 e. The van der Waals surface area contributed by atoms with Gasteiger partial charge in [-0.25, -0.2) is 8.78 Å². The zero-order chi connectivity index (χ0) is 14.9. The highest BCUT2D eigenvalue weighted by molar-refractivity contribution is 5.69. The molecule has 0 aliphatic heterocycles. The fourth-order valence-corrected chi connectivity index (χ4v) is 2.00. The summed E-state index contributed by atoms with van der Waals surface area (Å²) in [5, 5.41) is 0. The molecule has 0 spiro atoms. The van der Waals surface area contributed by atoms with Crippen LogP contribution in [-0.4, -0.2) is 28.2 Å². The molecule has 0 aromatic heterocycles. The third-order valence-electron chi connectivity index (χ3n) is 3.23. The Kier molecular flexibility index (Phi) is 3.93. The molecule has 4 heteroatoms. The van der Waals surface area contributed by atoms with Crippen molar-refractivity contribution in [1.82, 2.24) is 0 Å². The normalized spacial score (nSPS) is 10.5. The van der Waals surface area contributed by atoms with Crippen LogP contribution in [0.1, 0.15) is 0 Å². The van der Waals surface area contributed by atoms with Crippen molar-refractivity contribution in [3.05, 3.63) is 48.0 Å². The number of hydrogen-bond acceptors (Lipinski definition) is 2. The highest BCUT2D eigenvalue weighted by atomic mass is 19.1. The van der Waals surface area contributed by atoms with Gasteiger partial charge in [0.05, 0.1) is 0 Å². The second-order valence-corrected chi connectivity index (χ2v) is 5.12. The third kappa shape index (κ3) is 2.74. The molecule has 0 saturated heterocycles. The first kappa shape index (κ1) is 14.3. The molecule has 0 atom stereocenters. The highest BCUT2D eigenvalue weighted by Gasteiger charge is 2.12. The maximum Gasteiger partial charge on any atom is 0.133 e. The predicted molar refractivity (Wildman–Crippen MR) is 80.4 cm³/mol. The summed E-state index contributed by atoms with van der Waals surface area (Å²) in [4.78, 5) is 3.61. The molecule has 0 unspecified atom stereocenters. The molecule has 2 aromatic carbocycles. The summed E-state index contributed by atoms with van der Waals surface area (Å²) in [6, 6.07) is 9.59. The van der Waals surface area contributed by atoms with Crippen LogP contribution in [0.4, 0.5) is 20.2 Å². The smallest absolute Gasteiger partial charge is 0.133 e. The Morgan fingerprint density at radius 2 is 1.00 bits per heavy atom. The van der Waals surface area contributed by atoms with Crippen LogP contribution in [0.15, 0.2) is 36.4 Å². The van der Waals surface area contributed by atoms with Crippen LogP contribution in [0.25, 0.3) is 11.1 Å². The van der Waals surface area contributed by atoms with E-state index in [-0.39, 0.29) is 11.1 Å². The molecule has 0 aliphatic rings. The van der Waals surface area contributed by atoms with Gasteiger partial charge in [0, 0.05) is 50.7 Å². The lowest BCUT2D eigenvalue weighted by Gasteiger charge is -2.16. The van der Waals surface area contributed by atoms with Crippen molar-refractivity contribution in [2.45, 2.75) is 0 Å². The number of hydrogen-bond donors (Lipinski definition) is 0. The number of rotatable bonds is 3. The summed E-state index contributed by atoms with van der Waals surface area (Å²) in [5.41, 5.74) is 2.05. The highest BCUT2D eigenvalue weighted by Crippen LogP contribution is 2.30. The van der Waals surface area contributed by atoms with E-state index in [0.717, 1.165) is 11.4 Å². The van der Waals surface area contributed by atoms with Gasteiger partial charge in [-0.15, -0.1) is 0 Å². The van der Waals surface area contributed by atoms with Gasteiger partial charge in [0.15, 0.2) is 0 Å². The van der Waals surface area contributed by atoms with Gasteiger partial charge in [0.2, 0.25) is 0 Å². The van der Waals surface area contributed by atoms with Crippen LogP contribution >= 0.6 is 0 Å². The average molecular weight is 276 g/mol. The molecule has 0 aliphatic carbocycles. The fraction of sp³-hybridized carbons (Fsp3) is 0.250. The maximum absolute atomic E-state index is 14.1. The van der Waals surface area contributed by atoms with Crippen LogP contribution < -0.4 is 9.80 Å². The van der Waals surface area contributed by atoms with E-state index in [1.54, 1.807) is 34.1 Å². The summed E-state index contributed by atoms with van der Waals surface area (Å²) in [6.07, 6.45) is 0. The minimum absolute atomic E-state index is 0.276. The molecular weight excluding hydrogens is 258 g/mol. The molecule has 0 radical (unpaired) electrons. The Balaban J connectivity index is 2.46. The van der Waals surface area contributed by atoms with Crippen LogP contribution in [0, 0.1) is 11.6 Å². The molecule has 0 saturated carbocycles. The predicted octanol–water partition coefficient (Wildman–Crippen LogP) is 3.76. The van der Waals surface area contributed by atoms with Gasteiger partial charge < -0.3 is 9.80 Å². The molecular formula is C16H18F2N2. The number of anilines is 2. The number of benzene rings is 2. The van der Waals surface area contributed by atoms with Crippen LogP contribution in [-0.2, 0) is 0 Å². The van der Waals surface area contributed by atoms with Crippen molar-refractivity contribution in [2.24, 2.45) is 0 Å². The molecule has 0 N–H and O–H groups in total. The monoisotopic (exact) mass is 276 g/mol. The fourth-order valence-electron chi connectivity index (χ4n) is 2.00. The van der Waals surface area contributed by atoms with E-state index in [1.165, 1.54) is 12.1 Å². The van der Waals surface area contributed by atoms with E-state index < -0.39 is 11.6 Å². The lowest BCUT2D eigenvalue weighted by Crippen LogP contribution is -2.09. The first-order valence-corrected chi connectivity index (χ1v) is 6.34. The molecule has 2 nitrogen and oxygen atoms in total. The Bertz CT molecular complexity index is 566. The van der Waals surface area contributed by atoms with Gasteiger partial charge in [-0.05, 0) is 36.4 Å². The summed E-state index contributed by atoms with van der Waals surface area (Å²) in [7, 11) is 7.34. The van der Waals surface area contributed by atoms with Crippen LogP contribution in [0.3, 0.4) is 0 Å². The van der Waals surface area contributed by atoms with Crippen LogP contribution in [0.2, 0.25) is 0 Å². The van der Waals surface area contributed by atoms with E-state index in [2.05, 4.69) is 0 Å². The summed E-state index contributed by atoms with van der Waals surface area (Å²) < 4.78 is 28.3. The van der Waals surface area contributed by atoms with Crippen molar-refractivity contribution in [3.63, 3.8) is 0 Å². The molecule has 0 bridgehead atoms. The van der Waals surface area contributed by atoms with E-state index in [1.807, 2.05) is 28.2 Å². The standard InChI is InChI=1S/C16H18F2N2/c1-19(2)11-5-7-13(15(17)9-11)14-8-6-12(20(3)4)10-16(14)18/h5-10H,1-4H3. The van der Waals surface area contributed by atoms with Gasteiger partial charge in [-0.1, -0.05) is 0 Å². The van der Waals surface area contributed by atoms with Gasteiger partial charge >= 0.3 is 0 Å². The number of nitrogens with zero attached hydrogens (tertiary/aromatic N) is 2. The molecule has 0 fully saturated rings. The molecule has 2 aromatic rings. The summed E-state index contributed by atoms with van der Waals surface area (Å²) in [5.74, 6) is -0.847. The van der Waals surface area contributed by atoms with E-state index in [9.17, 15) is 8.78 Å². The van der Waals surface area contributed by atoms with Crippen molar-refractivity contribution < 1.29 is 8.78 Å². The zero-order valence-corrected chi connectivity index (χ0v) is 12.1. The van der Waals surface area contributed by atoms with Crippen molar-refractivity contribution >= 4 is 11.4 Å². The van der Waals surface area contributed by atoms with Crippen molar-refractivity contribution in [2.75, 3.05) is 38.0 Å². The molecule has 0 heterocycles.